The predicted molar refractivity (Wildman–Crippen MR) is 158 cm³/mol. The average Bonchev–Trinajstić information content (AvgIpc) is 2.95. The van der Waals surface area contributed by atoms with Gasteiger partial charge in [0.25, 0.3) is 0 Å². The van der Waals surface area contributed by atoms with Crippen LogP contribution in [0.15, 0.2) is 84.9 Å². The van der Waals surface area contributed by atoms with Crippen molar-refractivity contribution in [3.63, 3.8) is 0 Å². The fraction of sp³-hybridized carbons (Fsp3) is 0.424. The Morgan fingerprint density at radius 1 is 0.872 bits per heavy atom. The van der Waals surface area contributed by atoms with Gasteiger partial charge in [0.1, 0.15) is 0 Å². The first-order valence-electron chi connectivity index (χ1n) is 13.7. The van der Waals surface area contributed by atoms with E-state index in [1.54, 1.807) is 13.8 Å². The maximum absolute atomic E-state index is 11.5. The van der Waals surface area contributed by atoms with Crippen LogP contribution in [0.5, 0.6) is 0 Å². The summed E-state index contributed by atoms with van der Waals surface area (Å²) in [5.41, 5.74) is 2.54. The highest BCUT2D eigenvalue weighted by Gasteiger charge is 2.42. The van der Waals surface area contributed by atoms with E-state index in [9.17, 15) is 20.1 Å². The maximum Gasteiger partial charge on any atom is 0.313 e. The summed E-state index contributed by atoms with van der Waals surface area (Å²) in [6.45, 7) is 6.34. The number of benzene rings is 3. The van der Waals surface area contributed by atoms with E-state index >= 15 is 0 Å². The van der Waals surface area contributed by atoms with Crippen LogP contribution in [-0.2, 0) is 15.6 Å². The molecule has 0 aromatic heterocycles. The van der Waals surface area contributed by atoms with Gasteiger partial charge in [0.15, 0.2) is 0 Å². The van der Waals surface area contributed by atoms with Crippen molar-refractivity contribution in [1.82, 2.24) is 4.90 Å². The Morgan fingerprint density at radius 3 is 1.85 bits per heavy atom. The number of carbonyl (C=O) groups is 1. The van der Waals surface area contributed by atoms with Gasteiger partial charge in [-0.2, -0.15) is 0 Å². The van der Waals surface area contributed by atoms with Crippen LogP contribution in [0, 0.1) is 5.92 Å². The molecule has 3 aromatic carbocycles. The third-order valence-electron chi connectivity index (χ3n) is 8.62. The van der Waals surface area contributed by atoms with Gasteiger partial charge in [-0.15, -0.1) is 12.4 Å². The van der Waals surface area contributed by atoms with Gasteiger partial charge >= 0.3 is 5.97 Å². The van der Waals surface area contributed by atoms with Crippen LogP contribution in [-0.4, -0.2) is 52.4 Å². The number of aliphatic carboxylic acids is 1. The Labute approximate surface area is 238 Å². The molecule has 3 aromatic rings. The number of likely N-dealkylation sites (tertiary alicyclic amines) is 1. The average molecular weight is 552 g/mol. The molecule has 0 spiro atoms. The number of hydrogen-bond donors (Lipinski definition) is 3. The Morgan fingerprint density at radius 2 is 1.38 bits per heavy atom. The van der Waals surface area contributed by atoms with E-state index in [2.05, 4.69) is 53.4 Å². The molecule has 1 fully saturated rings. The molecule has 6 heteroatoms. The number of nitrogens with zero attached hydrogens (tertiary/aromatic N) is 1. The standard InChI is InChI=1S/C33H41NO4.ClH/c1-32(2,31(37)38)26-17-15-25(16-18-26)30(36)14-9-21-34-22-19-29(20-23-34)33(24-35,27-10-5-3-6-11-27)28-12-7-4-8-13-28;/h3-8,10-13,15-18,29-30,35-36H,9,14,19-24H2,1-2H3,(H,37,38);1H. The van der Waals surface area contributed by atoms with Crippen molar-refractivity contribution >= 4 is 18.4 Å². The van der Waals surface area contributed by atoms with Crippen molar-refractivity contribution in [1.29, 1.82) is 0 Å². The fourth-order valence-corrected chi connectivity index (χ4v) is 5.99. The van der Waals surface area contributed by atoms with E-state index < -0.39 is 22.9 Å². The minimum atomic E-state index is -0.954. The summed E-state index contributed by atoms with van der Waals surface area (Å²) in [4.78, 5) is 14.0. The number of carboxylic acids is 1. The molecule has 0 aliphatic carbocycles. The van der Waals surface area contributed by atoms with E-state index in [4.69, 9.17) is 0 Å². The second-order valence-electron chi connectivity index (χ2n) is 11.2. The number of aliphatic hydroxyl groups is 2. The zero-order valence-electron chi connectivity index (χ0n) is 23.0. The molecule has 3 N–H and O–H groups in total. The Balaban J connectivity index is 0.00000420. The van der Waals surface area contributed by atoms with Gasteiger partial charge in [-0.1, -0.05) is 84.9 Å². The van der Waals surface area contributed by atoms with Crippen molar-refractivity contribution in [3.8, 4) is 0 Å². The lowest BCUT2D eigenvalue weighted by Gasteiger charge is -2.45. The molecular formula is C33H42ClNO4. The number of aliphatic hydroxyl groups excluding tert-OH is 2. The lowest BCUT2D eigenvalue weighted by molar-refractivity contribution is -0.142. The van der Waals surface area contributed by atoms with Crippen LogP contribution in [0.3, 0.4) is 0 Å². The molecule has 4 rings (SSSR count). The molecule has 5 nitrogen and oxygen atoms in total. The summed E-state index contributed by atoms with van der Waals surface area (Å²) in [6.07, 6.45) is 3.00. The molecule has 1 unspecified atom stereocenters. The molecule has 0 amide bonds. The van der Waals surface area contributed by atoms with Crippen LogP contribution < -0.4 is 0 Å². The van der Waals surface area contributed by atoms with E-state index in [0.717, 1.165) is 50.0 Å². The minimum Gasteiger partial charge on any atom is -0.481 e. The Hall–Kier alpha value is -2.70. The fourth-order valence-electron chi connectivity index (χ4n) is 5.99. The largest absolute Gasteiger partial charge is 0.481 e. The molecule has 0 radical (unpaired) electrons. The van der Waals surface area contributed by atoms with Crippen LogP contribution in [0.4, 0.5) is 0 Å². The van der Waals surface area contributed by atoms with Crippen molar-refractivity contribution in [2.45, 2.75) is 56.5 Å². The second kappa shape index (κ2) is 13.6. The quantitative estimate of drug-likeness (QED) is 0.273. The number of hydrogen-bond acceptors (Lipinski definition) is 4. The van der Waals surface area contributed by atoms with Gasteiger partial charge in [0, 0.05) is 5.41 Å². The predicted octanol–water partition coefficient (Wildman–Crippen LogP) is 5.97. The third kappa shape index (κ3) is 6.72. The molecule has 1 atom stereocenters. The summed E-state index contributed by atoms with van der Waals surface area (Å²) in [5.74, 6) is -0.522. The normalized spacial score (nSPS) is 15.9. The van der Waals surface area contributed by atoms with Crippen molar-refractivity contribution in [2.24, 2.45) is 5.92 Å². The van der Waals surface area contributed by atoms with Gasteiger partial charge in [-0.25, -0.2) is 0 Å². The molecule has 39 heavy (non-hydrogen) atoms. The zero-order chi connectivity index (χ0) is 27.2. The Kier molecular flexibility index (Phi) is 10.7. The van der Waals surface area contributed by atoms with E-state index in [-0.39, 0.29) is 19.0 Å². The van der Waals surface area contributed by atoms with Gasteiger partial charge in [-0.05, 0) is 87.3 Å². The van der Waals surface area contributed by atoms with Crippen LogP contribution in [0.1, 0.15) is 67.9 Å². The van der Waals surface area contributed by atoms with Gasteiger partial charge in [-0.3, -0.25) is 4.79 Å². The highest BCUT2D eigenvalue weighted by atomic mass is 35.5. The number of piperidine rings is 1. The maximum atomic E-state index is 11.5. The highest BCUT2D eigenvalue weighted by Crippen LogP contribution is 2.44. The monoisotopic (exact) mass is 551 g/mol. The van der Waals surface area contributed by atoms with E-state index in [1.165, 1.54) is 11.1 Å². The molecule has 1 heterocycles. The molecule has 1 aliphatic rings. The molecule has 0 bridgehead atoms. The van der Waals surface area contributed by atoms with Crippen molar-refractivity contribution in [3.05, 3.63) is 107 Å². The van der Waals surface area contributed by atoms with Crippen LogP contribution in [0.25, 0.3) is 0 Å². The summed E-state index contributed by atoms with van der Waals surface area (Å²) in [7, 11) is 0. The van der Waals surface area contributed by atoms with Crippen LogP contribution >= 0.6 is 12.4 Å². The van der Waals surface area contributed by atoms with Crippen molar-refractivity contribution < 1.29 is 20.1 Å². The smallest absolute Gasteiger partial charge is 0.313 e. The number of rotatable bonds is 11. The van der Waals surface area contributed by atoms with Gasteiger partial charge in [0.05, 0.1) is 18.1 Å². The first-order valence-corrected chi connectivity index (χ1v) is 13.7. The second-order valence-corrected chi connectivity index (χ2v) is 11.2. The molecule has 210 valence electrons. The van der Waals surface area contributed by atoms with Gasteiger partial charge < -0.3 is 20.2 Å². The Bertz CT molecular complexity index is 1120. The van der Waals surface area contributed by atoms with Crippen molar-refractivity contribution in [2.75, 3.05) is 26.2 Å². The lowest BCUT2D eigenvalue weighted by atomic mass is 9.63. The van der Waals surface area contributed by atoms with Crippen LogP contribution in [0.2, 0.25) is 0 Å². The first kappa shape index (κ1) is 30.8. The topological polar surface area (TPSA) is 81.0 Å². The molecule has 1 aliphatic heterocycles. The summed E-state index contributed by atoms with van der Waals surface area (Å²) < 4.78 is 0. The lowest BCUT2D eigenvalue weighted by Crippen LogP contribution is -2.46. The first-order chi connectivity index (χ1) is 18.3. The third-order valence-corrected chi connectivity index (χ3v) is 8.62. The SMILES string of the molecule is CC(C)(C(=O)O)c1ccc(C(O)CCCN2CCC(C(CO)(c3ccccc3)c3ccccc3)CC2)cc1.Cl. The number of halogens is 1. The summed E-state index contributed by atoms with van der Waals surface area (Å²) >= 11 is 0. The molecule has 1 saturated heterocycles. The number of carboxylic acid groups (broad SMARTS) is 1. The minimum absolute atomic E-state index is 0. The molecule has 0 saturated carbocycles. The van der Waals surface area contributed by atoms with E-state index in [0.29, 0.717) is 12.3 Å². The zero-order valence-corrected chi connectivity index (χ0v) is 23.8. The van der Waals surface area contributed by atoms with Gasteiger partial charge in [0.2, 0.25) is 0 Å². The summed E-state index contributed by atoms with van der Waals surface area (Å²) in [5, 5.41) is 31.0. The molecular weight excluding hydrogens is 510 g/mol. The summed E-state index contributed by atoms with van der Waals surface area (Å²) in [6, 6.07) is 28.2. The van der Waals surface area contributed by atoms with E-state index in [1.807, 2.05) is 36.4 Å². The highest BCUT2D eigenvalue weighted by molar-refractivity contribution is 5.85.